The molecule has 4 atom stereocenters. The quantitative estimate of drug-likeness (QED) is 0.582. The molecule has 3 N–H and O–H groups in total. The lowest BCUT2D eigenvalue weighted by Crippen LogP contribution is -2.58. The van der Waals surface area contributed by atoms with E-state index in [-0.39, 0.29) is 49.9 Å². The highest BCUT2D eigenvalue weighted by molar-refractivity contribution is 6.30. The van der Waals surface area contributed by atoms with Crippen molar-refractivity contribution < 1.29 is 24.2 Å². The van der Waals surface area contributed by atoms with Gasteiger partial charge in [-0.25, -0.2) is 4.79 Å². The lowest BCUT2D eigenvalue weighted by molar-refractivity contribution is -0.149. The first-order chi connectivity index (χ1) is 16.5. The number of aliphatic hydroxyl groups is 1. The van der Waals surface area contributed by atoms with Gasteiger partial charge in [0.15, 0.2) is 0 Å². The summed E-state index contributed by atoms with van der Waals surface area (Å²) in [5.41, 5.74) is 0.628. The first kappa shape index (κ1) is 25.2. The van der Waals surface area contributed by atoms with Gasteiger partial charge in [-0.2, -0.15) is 0 Å². The van der Waals surface area contributed by atoms with Crippen LogP contribution in [0.2, 0.25) is 5.02 Å². The molecule has 188 valence electrons. The van der Waals surface area contributed by atoms with Gasteiger partial charge >= 0.3 is 6.03 Å². The number of benzene rings is 1. The fraction of sp³-hybridized carbons (Fsp3) is 0.680. The molecule has 3 aliphatic rings. The minimum Gasteiger partial charge on any atom is -0.389 e. The van der Waals surface area contributed by atoms with Gasteiger partial charge < -0.3 is 30.1 Å². The molecule has 9 heteroatoms. The molecule has 3 fully saturated rings. The molecule has 1 aliphatic carbocycles. The number of β-amino-alcohol motifs (C(OH)–C–C–N with tert-alkyl or cyclic N) is 1. The Morgan fingerprint density at radius 2 is 1.82 bits per heavy atom. The van der Waals surface area contributed by atoms with Gasteiger partial charge in [-0.15, -0.1) is 0 Å². The zero-order chi connectivity index (χ0) is 23.9. The average Bonchev–Trinajstić information content (AvgIpc) is 2.82. The number of hydrogen-bond donors (Lipinski definition) is 3. The number of aliphatic hydroxyl groups excluding tert-OH is 1. The van der Waals surface area contributed by atoms with Crippen molar-refractivity contribution in [2.24, 2.45) is 5.92 Å². The summed E-state index contributed by atoms with van der Waals surface area (Å²) in [6, 6.07) is 6.35. The Hall–Kier alpha value is -1.87. The number of nitrogens with one attached hydrogen (secondary N) is 2. The van der Waals surface area contributed by atoms with Gasteiger partial charge in [-0.05, 0) is 55.9 Å². The van der Waals surface area contributed by atoms with E-state index in [0.29, 0.717) is 35.9 Å². The summed E-state index contributed by atoms with van der Waals surface area (Å²) < 4.78 is 11.9. The van der Waals surface area contributed by atoms with Crippen molar-refractivity contribution in [1.82, 2.24) is 10.2 Å². The fourth-order valence-electron chi connectivity index (χ4n) is 5.23. The molecule has 0 spiro atoms. The highest BCUT2D eigenvalue weighted by atomic mass is 35.5. The largest absolute Gasteiger partial charge is 0.389 e. The van der Waals surface area contributed by atoms with Gasteiger partial charge in [0.1, 0.15) is 6.10 Å². The van der Waals surface area contributed by atoms with Crippen LogP contribution in [0.25, 0.3) is 0 Å². The van der Waals surface area contributed by atoms with E-state index in [4.69, 9.17) is 21.1 Å². The average molecular weight is 494 g/mol. The van der Waals surface area contributed by atoms with E-state index in [2.05, 4.69) is 10.6 Å². The SMILES string of the molecule is O=C(C[C@H]1CC[C@H]2[C@@H](COC[C@@H](O)CN2C(=O)Nc2ccc(Cl)cc2)O1)NCC1CCCCC1. The standard InChI is InChI=1S/C25H36ClN3O5/c26-18-6-8-19(9-7-18)28-25(32)29-14-20(30)15-33-16-23-22(29)11-10-21(34-23)12-24(31)27-13-17-4-2-1-3-5-17/h6-9,17,20-23,30H,1-5,10-16H2,(H,27,31)(H,28,32)/t20-,21+,22-,23+/m0/s1. The van der Waals surface area contributed by atoms with Crippen molar-refractivity contribution in [3.63, 3.8) is 0 Å². The number of nitrogens with zero attached hydrogens (tertiary/aromatic N) is 1. The molecule has 4 rings (SSSR count). The number of carbonyl (C=O) groups excluding carboxylic acids is 2. The van der Waals surface area contributed by atoms with E-state index < -0.39 is 6.10 Å². The van der Waals surface area contributed by atoms with Crippen LogP contribution in [0.1, 0.15) is 51.4 Å². The van der Waals surface area contributed by atoms with E-state index in [0.717, 1.165) is 6.54 Å². The van der Waals surface area contributed by atoms with Gasteiger partial charge in [0, 0.05) is 17.3 Å². The first-order valence-corrected chi connectivity index (χ1v) is 12.9. The van der Waals surface area contributed by atoms with Crippen molar-refractivity contribution >= 4 is 29.2 Å². The van der Waals surface area contributed by atoms with Gasteiger partial charge in [-0.1, -0.05) is 30.9 Å². The molecule has 0 unspecified atom stereocenters. The summed E-state index contributed by atoms with van der Waals surface area (Å²) >= 11 is 5.94. The summed E-state index contributed by atoms with van der Waals surface area (Å²) in [6.45, 7) is 1.30. The van der Waals surface area contributed by atoms with Crippen LogP contribution in [0.3, 0.4) is 0 Å². The Morgan fingerprint density at radius 1 is 1.06 bits per heavy atom. The van der Waals surface area contributed by atoms with E-state index in [1.165, 1.54) is 32.1 Å². The Labute approximate surface area is 206 Å². The monoisotopic (exact) mass is 493 g/mol. The zero-order valence-electron chi connectivity index (χ0n) is 19.6. The number of amides is 3. The molecular formula is C25H36ClN3O5. The molecule has 0 bridgehead atoms. The van der Waals surface area contributed by atoms with Crippen LogP contribution in [-0.2, 0) is 14.3 Å². The van der Waals surface area contributed by atoms with Gasteiger partial charge in [0.05, 0.1) is 44.4 Å². The first-order valence-electron chi connectivity index (χ1n) is 12.5. The number of fused-ring (bicyclic) bond motifs is 1. The predicted octanol–water partition coefficient (Wildman–Crippen LogP) is 3.57. The maximum Gasteiger partial charge on any atom is 0.322 e. The maximum absolute atomic E-state index is 13.1. The second kappa shape index (κ2) is 12.2. The number of rotatable bonds is 5. The lowest BCUT2D eigenvalue weighted by atomic mass is 9.89. The van der Waals surface area contributed by atoms with Crippen LogP contribution in [0.4, 0.5) is 10.5 Å². The third kappa shape index (κ3) is 7.07. The second-order valence-electron chi connectivity index (χ2n) is 9.73. The molecular weight excluding hydrogens is 458 g/mol. The van der Waals surface area contributed by atoms with E-state index in [1.54, 1.807) is 29.2 Å². The van der Waals surface area contributed by atoms with Crippen LogP contribution in [0, 0.1) is 5.92 Å². The number of hydrogen-bond acceptors (Lipinski definition) is 5. The second-order valence-corrected chi connectivity index (χ2v) is 10.2. The summed E-state index contributed by atoms with van der Waals surface area (Å²) in [4.78, 5) is 27.3. The Kier molecular flexibility index (Phi) is 9.05. The molecule has 1 aromatic carbocycles. The Morgan fingerprint density at radius 3 is 2.59 bits per heavy atom. The Balaban J connectivity index is 1.33. The van der Waals surface area contributed by atoms with Crippen LogP contribution in [0.5, 0.6) is 0 Å². The third-order valence-electron chi connectivity index (χ3n) is 7.06. The Bertz CT molecular complexity index is 817. The summed E-state index contributed by atoms with van der Waals surface area (Å²) in [7, 11) is 0. The molecule has 0 aromatic heterocycles. The summed E-state index contributed by atoms with van der Waals surface area (Å²) in [5.74, 6) is 0.612. The zero-order valence-corrected chi connectivity index (χ0v) is 20.3. The number of carbonyl (C=O) groups is 2. The number of urea groups is 1. The number of anilines is 1. The molecule has 8 nitrogen and oxygen atoms in total. The van der Waals surface area contributed by atoms with Crippen molar-refractivity contribution in [2.45, 2.75) is 75.7 Å². The smallest absolute Gasteiger partial charge is 0.322 e. The molecule has 2 heterocycles. The summed E-state index contributed by atoms with van der Waals surface area (Å²) in [6.07, 6.45) is 6.52. The molecule has 1 aromatic rings. The van der Waals surface area contributed by atoms with Crippen molar-refractivity contribution in [2.75, 3.05) is 31.6 Å². The van der Waals surface area contributed by atoms with Crippen molar-refractivity contribution in [1.29, 1.82) is 0 Å². The number of ether oxygens (including phenoxy) is 2. The molecule has 1 saturated carbocycles. The lowest BCUT2D eigenvalue weighted by Gasteiger charge is -2.44. The summed E-state index contributed by atoms with van der Waals surface area (Å²) in [5, 5.41) is 16.9. The van der Waals surface area contributed by atoms with Crippen molar-refractivity contribution in [3.8, 4) is 0 Å². The molecule has 2 aliphatic heterocycles. The van der Waals surface area contributed by atoms with Gasteiger partial charge in [0.25, 0.3) is 0 Å². The molecule has 2 saturated heterocycles. The highest BCUT2D eigenvalue weighted by Gasteiger charge is 2.40. The van der Waals surface area contributed by atoms with Gasteiger partial charge in [0.2, 0.25) is 5.91 Å². The predicted molar refractivity (Wildman–Crippen MR) is 130 cm³/mol. The molecule has 0 radical (unpaired) electrons. The van der Waals surface area contributed by atoms with Crippen LogP contribution >= 0.6 is 11.6 Å². The third-order valence-corrected chi connectivity index (χ3v) is 7.31. The number of halogens is 1. The minimum absolute atomic E-state index is 0.0218. The van der Waals surface area contributed by atoms with Gasteiger partial charge in [-0.3, -0.25) is 4.79 Å². The van der Waals surface area contributed by atoms with E-state index in [1.807, 2.05) is 0 Å². The topological polar surface area (TPSA) is 100 Å². The normalized spacial score (nSPS) is 28.4. The van der Waals surface area contributed by atoms with E-state index >= 15 is 0 Å². The van der Waals surface area contributed by atoms with Crippen LogP contribution in [-0.4, -0.2) is 72.6 Å². The maximum atomic E-state index is 13.1. The fourth-order valence-corrected chi connectivity index (χ4v) is 5.36. The van der Waals surface area contributed by atoms with Crippen LogP contribution in [0.15, 0.2) is 24.3 Å². The minimum atomic E-state index is -0.778. The van der Waals surface area contributed by atoms with Crippen LogP contribution < -0.4 is 10.6 Å². The molecule has 34 heavy (non-hydrogen) atoms. The highest BCUT2D eigenvalue weighted by Crippen LogP contribution is 2.29. The molecule has 3 amide bonds. The van der Waals surface area contributed by atoms with E-state index in [9.17, 15) is 14.7 Å². The van der Waals surface area contributed by atoms with Crippen molar-refractivity contribution in [3.05, 3.63) is 29.3 Å².